The first-order valence-electron chi connectivity index (χ1n) is 10.3. The Balaban J connectivity index is 1.91. The molecule has 0 atom stereocenters. The number of carbonyl (C=O) groups is 1. The summed E-state index contributed by atoms with van der Waals surface area (Å²) in [6, 6.07) is 10.7. The van der Waals surface area contributed by atoms with Crippen LogP contribution in [0.4, 0.5) is 11.4 Å². The maximum absolute atomic E-state index is 13.1. The summed E-state index contributed by atoms with van der Waals surface area (Å²) in [5.41, 5.74) is 0.732. The molecule has 33 heavy (non-hydrogen) atoms. The highest BCUT2D eigenvalue weighted by molar-refractivity contribution is 7.92. The van der Waals surface area contributed by atoms with E-state index in [1.165, 1.54) is 44.6 Å². The van der Waals surface area contributed by atoms with Gasteiger partial charge in [-0.25, -0.2) is 13.2 Å². The quantitative estimate of drug-likeness (QED) is 0.561. The third-order valence-corrected chi connectivity index (χ3v) is 6.77. The number of ether oxygens (including phenoxy) is 2. The third-order valence-electron chi connectivity index (χ3n) is 5.41. The summed E-state index contributed by atoms with van der Waals surface area (Å²) in [5, 5.41) is 18.2. The number of nitriles is 1. The minimum atomic E-state index is -4.05. The SMILES string of the molecule is COc1ccc(S(=O)(=O)Nc2cc(C(=O)O)ccc2N2CCN(CCC#N)CC2)cc1OC. The Morgan fingerprint density at radius 3 is 2.39 bits per heavy atom. The lowest BCUT2D eigenvalue weighted by atomic mass is 10.1. The highest BCUT2D eigenvalue weighted by Crippen LogP contribution is 2.33. The van der Waals surface area contributed by atoms with E-state index < -0.39 is 16.0 Å². The molecule has 0 spiro atoms. The summed E-state index contributed by atoms with van der Waals surface area (Å²) in [5.74, 6) is -0.512. The fraction of sp³-hybridized carbons (Fsp3) is 0.364. The standard InChI is InChI=1S/C22H26N4O6S/c1-31-20-7-5-17(15-21(20)32-2)33(29,30)24-18-14-16(22(27)28)4-6-19(18)26-12-10-25(11-13-26)9-3-8-23/h4-7,14-15,24H,3,9-13H2,1-2H3,(H,27,28). The van der Waals surface area contributed by atoms with Crippen LogP contribution in [0.5, 0.6) is 11.5 Å². The number of methoxy groups -OCH3 is 2. The second kappa shape index (κ2) is 10.4. The summed E-state index contributed by atoms with van der Waals surface area (Å²) >= 11 is 0. The van der Waals surface area contributed by atoms with E-state index in [4.69, 9.17) is 14.7 Å². The average molecular weight is 475 g/mol. The molecule has 3 rings (SSSR count). The maximum Gasteiger partial charge on any atom is 0.335 e. The van der Waals surface area contributed by atoms with Gasteiger partial charge in [-0.15, -0.1) is 0 Å². The van der Waals surface area contributed by atoms with Crippen molar-refractivity contribution in [2.24, 2.45) is 0 Å². The molecule has 0 amide bonds. The lowest BCUT2D eigenvalue weighted by molar-refractivity contribution is 0.0697. The van der Waals surface area contributed by atoms with Crippen LogP contribution in [0.25, 0.3) is 0 Å². The van der Waals surface area contributed by atoms with Crippen LogP contribution >= 0.6 is 0 Å². The first-order chi connectivity index (χ1) is 15.8. The van der Waals surface area contributed by atoms with Crippen molar-refractivity contribution in [2.75, 3.05) is 56.6 Å². The third kappa shape index (κ3) is 5.66. The number of anilines is 2. The zero-order valence-electron chi connectivity index (χ0n) is 18.4. The topological polar surface area (TPSA) is 132 Å². The number of benzene rings is 2. The van der Waals surface area contributed by atoms with Crippen LogP contribution in [0.1, 0.15) is 16.8 Å². The van der Waals surface area contributed by atoms with Gasteiger partial charge < -0.3 is 19.5 Å². The lowest BCUT2D eigenvalue weighted by Gasteiger charge is -2.36. The van der Waals surface area contributed by atoms with Gasteiger partial charge in [0.1, 0.15) is 0 Å². The molecular formula is C22H26N4O6S. The van der Waals surface area contributed by atoms with Crippen LogP contribution in [-0.4, -0.2) is 71.3 Å². The van der Waals surface area contributed by atoms with Crippen LogP contribution in [0.2, 0.25) is 0 Å². The van der Waals surface area contributed by atoms with E-state index in [9.17, 15) is 18.3 Å². The number of hydrogen-bond donors (Lipinski definition) is 2. The molecule has 1 fully saturated rings. The minimum absolute atomic E-state index is 0.0311. The Bertz CT molecular complexity index is 1150. The van der Waals surface area contributed by atoms with E-state index in [0.717, 1.165) is 0 Å². The molecule has 10 nitrogen and oxygen atoms in total. The average Bonchev–Trinajstić information content (AvgIpc) is 2.82. The number of hydrogen-bond acceptors (Lipinski definition) is 8. The molecule has 0 aliphatic carbocycles. The molecule has 11 heteroatoms. The molecule has 1 saturated heterocycles. The van der Waals surface area contributed by atoms with Crippen molar-refractivity contribution in [3.05, 3.63) is 42.0 Å². The van der Waals surface area contributed by atoms with Gasteiger partial charge in [-0.05, 0) is 30.3 Å². The van der Waals surface area contributed by atoms with Crippen molar-refractivity contribution < 1.29 is 27.8 Å². The largest absolute Gasteiger partial charge is 0.493 e. The zero-order valence-corrected chi connectivity index (χ0v) is 19.3. The maximum atomic E-state index is 13.1. The molecule has 1 aliphatic rings. The monoisotopic (exact) mass is 474 g/mol. The van der Waals surface area contributed by atoms with Crippen molar-refractivity contribution in [3.63, 3.8) is 0 Å². The predicted molar refractivity (Wildman–Crippen MR) is 123 cm³/mol. The fourth-order valence-electron chi connectivity index (χ4n) is 3.63. The minimum Gasteiger partial charge on any atom is -0.493 e. The van der Waals surface area contributed by atoms with Crippen LogP contribution in [-0.2, 0) is 10.0 Å². The van der Waals surface area contributed by atoms with Crippen LogP contribution in [0.15, 0.2) is 41.3 Å². The fourth-order valence-corrected chi connectivity index (χ4v) is 4.71. The van der Waals surface area contributed by atoms with Crippen molar-refractivity contribution >= 4 is 27.4 Å². The van der Waals surface area contributed by atoms with E-state index in [1.807, 2.05) is 4.90 Å². The molecule has 0 bridgehead atoms. The Kier molecular flexibility index (Phi) is 7.63. The van der Waals surface area contributed by atoms with Crippen molar-refractivity contribution in [1.29, 1.82) is 5.26 Å². The second-order valence-electron chi connectivity index (χ2n) is 7.40. The molecule has 0 aromatic heterocycles. The second-order valence-corrected chi connectivity index (χ2v) is 9.08. The number of carboxylic acid groups (broad SMARTS) is 1. The van der Waals surface area contributed by atoms with E-state index in [2.05, 4.69) is 15.7 Å². The van der Waals surface area contributed by atoms with E-state index in [0.29, 0.717) is 50.6 Å². The molecule has 0 unspecified atom stereocenters. The van der Waals surface area contributed by atoms with Gasteiger partial charge in [-0.1, -0.05) is 0 Å². The predicted octanol–water partition coefficient (Wildman–Crippen LogP) is 2.24. The van der Waals surface area contributed by atoms with Gasteiger partial charge in [0.2, 0.25) is 0 Å². The van der Waals surface area contributed by atoms with E-state index in [1.54, 1.807) is 6.07 Å². The summed E-state index contributed by atoms with van der Waals surface area (Å²) in [6.07, 6.45) is 0.448. The number of sulfonamides is 1. The number of piperazine rings is 1. The summed E-state index contributed by atoms with van der Waals surface area (Å²) in [4.78, 5) is 15.6. The molecule has 2 aromatic carbocycles. The van der Waals surface area contributed by atoms with Gasteiger partial charge in [0.25, 0.3) is 10.0 Å². The highest BCUT2D eigenvalue weighted by atomic mass is 32.2. The molecule has 2 aromatic rings. The van der Waals surface area contributed by atoms with Crippen molar-refractivity contribution in [3.8, 4) is 17.6 Å². The van der Waals surface area contributed by atoms with Gasteiger partial charge in [0.05, 0.1) is 42.1 Å². The molecule has 1 heterocycles. The van der Waals surface area contributed by atoms with Gasteiger partial charge in [0.15, 0.2) is 11.5 Å². The van der Waals surface area contributed by atoms with Crippen LogP contribution < -0.4 is 19.1 Å². The zero-order chi connectivity index (χ0) is 24.0. The molecule has 0 saturated carbocycles. The molecular weight excluding hydrogens is 448 g/mol. The van der Waals surface area contributed by atoms with Crippen molar-refractivity contribution in [1.82, 2.24) is 4.90 Å². The Hall–Kier alpha value is -3.49. The molecule has 176 valence electrons. The van der Waals surface area contributed by atoms with Crippen LogP contribution in [0.3, 0.4) is 0 Å². The highest BCUT2D eigenvalue weighted by Gasteiger charge is 2.24. The number of rotatable bonds is 9. The first-order valence-corrected chi connectivity index (χ1v) is 11.7. The smallest absolute Gasteiger partial charge is 0.335 e. The summed E-state index contributed by atoms with van der Waals surface area (Å²) < 4.78 is 39.2. The Morgan fingerprint density at radius 1 is 1.09 bits per heavy atom. The summed E-state index contributed by atoms with van der Waals surface area (Å²) in [7, 11) is -1.19. The lowest BCUT2D eigenvalue weighted by Crippen LogP contribution is -2.46. The normalized spacial score (nSPS) is 14.4. The van der Waals surface area contributed by atoms with E-state index >= 15 is 0 Å². The number of nitrogens with one attached hydrogen (secondary N) is 1. The van der Waals surface area contributed by atoms with Crippen LogP contribution in [0, 0.1) is 11.3 Å². The summed E-state index contributed by atoms with van der Waals surface area (Å²) in [6.45, 7) is 3.33. The first kappa shape index (κ1) is 24.2. The Labute approximate surface area is 193 Å². The molecule has 1 aliphatic heterocycles. The number of carboxylic acids is 1. The number of aromatic carboxylic acids is 1. The van der Waals surface area contributed by atoms with Gasteiger partial charge in [-0.2, -0.15) is 5.26 Å². The van der Waals surface area contributed by atoms with Crippen molar-refractivity contribution in [2.45, 2.75) is 11.3 Å². The molecule has 0 radical (unpaired) electrons. The van der Waals surface area contributed by atoms with Gasteiger partial charge >= 0.3 is 5.97 Å². The van der Waals surface area contributed by atoms with Gasteiger partial charge in [0, 0.05) is 45.2 Å². The molecule has 2 N–H and O–H groups in total. The Morgan fingerprint density at radius 2 is 1.79 bits per heavy atom. The van der Waals surface area contributed by atoms with Gasteiger partial charge in [-0.3, -0.25) is 9.62 Å². The van der Waals surface area contributed by atoms with E-state index in [-0.39, 0.29) is 21.9 Å². The number of nitrogens with zero attached hydrogens (tertiary/aromatic N) is 3.